The molecule has 0 aromatic rings. The third-order valence-corrected chi connectivity index (χ3v) is 3.38. The van der Waals surface area contributed by atoms with Crippen molar-refractivity contribution >= 4 is 15.5 Å². The summed E-state index contributed by atoms with van der Waals surface area (Å²) in [5.74, 6) is 0.442. The molecule has 4 nitrogen and oxygen atoms in total. The maximum atomic E-state index is 11.0. The molecule has 1 heterocycles. The largest absolute Gasteiger partial charge is 0.396 e. The van der Waals surface area contributed by atoms with Crippen LogP contribution in [0.25, 0.3) is 0 Å². The fourth-order valence-corrected chi connectivity index (χ4v) is 2.32. The second-order valence-corrected chi connectivity index (χ2v) is 5.03. The van der Waals surface area contributed by atoms with Crippen LogP contribution in [0.4, 0.5) is 0 Å². The average molecular weight is 191 g/mol. The predicted molar refractivity (Wildman–Crippen MR) is 46.9 cm³/mol. The minimum atomic E-state index is -2.78. The molecule has 0 atom stereocenters. The van der Waals surface area contributed by atoms with E-state index in [0.29, 0.717) is 19.4 Å². The Balaban J connectivity index is 2.46. The Kier molecular flexibility index (Phi) is 3.08. The van der Waals surface area contributed by atoms with Crippen molar-refractivity contribution in [2.45, 2.75) is 19.8 Å². The summed E-state index contributed by atoms with van der Waals surface area (Å²) in [5.41, 5.74) is 0.867. The maximum absolute atomic E-state index is 11.0. The molecule has 0 unspecified atom stereocenters. The molecule has 5 heteroatoms. The van der Waals surface area contributed by atoms with Gasteiger partial charge in [-0.25, -0.2) is 8.42 Å². The SMILES string of the molecule is CCON=C1CCS(=O)(=O)CC1. The molecule has 1 saturated heterocycles. The molecule has 0 spiro atoms. The van der Waals surface area contributed by atoms with Gasteiger partial charge in [0.25, 0.3) is 0 Å². The lowest BCUT2D eigenvalue weighted by molar-refractivity contribution is 0.157. The summed E-state index contributed by atoms with van der Waals surface area (Å²) >= 11 is 0. The number of rotatable bonds is 2. The van der Waals surface area contributed by atoms with Crippen LogP contribution in [0.2, 0.25) is 0 Å². The average Bonchev–Trinajstić information content (AvgIpc) is 2.03. The van der Waals surface area contributed by atoms with Crippen molar-refractivity contribution in [2.75, 3.05) is 18.1 Å². The first kappa shape index (κ1) is 9.51. The maximum Gasteiger partial charge on any atom is 0.151 e. The van der Waals surface area contributed by atoms with Crippen molar-refractivity contribution in [1.29, 1.82) is 0 Å². The summed E-state index contributed by atoms with van der Waals surface area (Å²) in [4.78, 5) is 4.83. The molecule has 70 valence electrons. The minimum Gasteiger partial charge on any atom is -0.396 e. The van der Waals surface area contributed by atoms with Crippen molar-refractivity contribution in [1.82, 2.24) is 0 Å². The Morgan fingerprint density at radius 1 is 1.42 bits per heavy atom. The number of sulfone groups is 1. The van der Waals surface area contributed by atoms with Crippen molar-refractivity contribution in [3.05, 3.63) is 0 Å². The van der Waals surface area contributed by atoms with E-state index in [2.05, 4.69) is 5.16 Å². The van der Waals surface area contributed by atoms with Crippen LogP contribution in [0.1, 0.15) is 19.8 Å². The summed E-state index contributed by atoms with van der Waals surface area (Å²) in [6.45, 7) is 2.39. The van der Waals surface area contributed by atoms with E-state index in [9.17, 15) is 8.42 Å². The molecule has 12 heavy (non-hydrogen) atoms. The molecule has 1 rings (SSSR count). The smallest absolute Gasteiger partial charge is 0.151 e. The Morgan fingerprint density at radius 2 is 2.00 bits per heavy atom. The van der Waals surface area contributed by atoms with Crippen LogP contribution in [0.5, 0.6) is 0 Å². The van der Waals surface area contributed by atoms with E-state index >= 15 is 0 Å². The Bertz CT molecular complexity index is 252. The molecule has 1 aliphatic heterocycles. The number of hydrogen-bond acceptors (Lipinski definition) is 4. The molecule has 0 aliphatic carbocycles. The standard InChI is InChI=1S/C7H13NO3S/c1-2-11-8-7-3-5-12(9,10)6-4-7/h2-6H2,1H3. The lowest BCUT2D eigenvalue weighted by atomic mass is 10.2. The van der Waals surface area contributed by atoms with Crippen LogP contribution in [0.3, 0.4) is 0 Å². The molecule has 0 N–H and O–H groups in total. The van der Waals surface area contributed by atoms with Crippen LogP contribution in [-0.2, 0) is 14.7 Å². The van der Waals surface area contributed by atoms with Gasteiger partial charge >= 0.3 is 0 Å². The zero-order valence-electron chi connectivity index (χ0n) is 7.12. The number of nitrogens with zero attached hydrogens (tertiary/aromatic N) is 1. The van der Waals surface area contributed by atoms with Crippen molar-refractivity contribution in [3.8, 4) is 0 Å². The second kappa shape index (κ2) is 3.89. The lowest BCUT2D eigenvalue weighted by Crippen LogP contribution is -2.23. The zero-order chi connectivity index (χ0) is 9.03. The lowest BCUT2D eigenvalue weighted by Gasteiger charge is -2.12. The van der Waals surface area contributed by atoms with Gasteiger partial charge in [0.1, 0.15) is 6.61 Å². The highest BCUT2D eigenvalue weighted by atomic mass is 32.2. The molecular formula is C7H13NO3S. The molecule has 0 amide bonds. The first-order valence-corrected chi connectivity index (χ1v) is 5.84. The third-order valence-electron chi connectivity index (χ3n) is 1.73. The first-order valence-electron chi connectivity index (χ1n) is 4.02. The zero-order valence-corrected chi connectivity index (χ0v) is 7.93. The normalized spacial score (nSPS) is 21.9. The van der Waals surface area contributed by atoms with Crippen LogP contribution in [0, 0.1) is 0 Å². The predicted octanol–water partition coefficient (Wildman–Crippen LogP) is 0.588. The van der Waals surface area contributed by atoms with E-state index in [0.717, 1.165) is 5.71 Å². The Labute approximate surface area is 72.5 Å². The van der Waals surface area contributed by atoms with Gasteiger partial charge in [-0.3, -0.25) is 0 Å². The van der Waals surface area contributed by atoms with Gasteiger partial charge in [-0.05, 0) is 6.92 Å². The molecular weight excluding hydrogens is 178 g/mol. The van der Waals surface area contributed by atoms with Gasteiger partial charge in [0.05, 0.1) is 17.2 Å². The van der Waals surface area contributed by atoms with Gasteiger partial charge < -0.3 is 4.84 Å². The monoisotopic (exact) mass is 191 g/mol. The summed E-state index contributed by atoms with van der Waals surface area (Å²) in [6.07, 6.45) is 1.06. The topological polar surface area (TPSA) is 55.7 Å². The van der Waals surface area contributed by atoms with E-state index in [4.69, 9.17) is 4.84 Å². The van der Waals surface area contributed by atoms with Crippen LogP contribution < -0.4 is 0 Å². The van der Waals surface area contributed by atoms with E-state index < -0.39 is 9.84 Å². The van der Waals surface area contributed by atoms with Crippen LogP contribution >= 0.6 is 0 Å². The third kappa shape index (κ3) is 2.81. The van der Waals surface area contributed by atoms with E-state index in [1.54, 1.807) is 0 Å². The fourth-order valence-electron chi connectivity index (χ4n) is 1.02. The van der Waals surface area contributed by atoms with Gasteiger partial charge in [0.2, 0.25) is 0 Å². The van der Waals surface area contributed by atoms with Gasteiger partial charge in [0.15, 0.2) is 9.84 Å². The van der Waals surface area contributed by atoms with Crippen molar-refractivity contribution in [2.24, 2.45) is 5.16 Å². The van der Waals surface area contributed by atoms with Crippen molar-refractivity contribution in [3.63, 3.8) is 0 Å². The van der Waals surface area contributed by atoms with Gasteiger partial charge in [0, 0.05) is 12.8 Å². The summed E-state index contributed by atoms with van der Waals surface area (Å²) in [7, 11) is -2.78. The first-order chi connectivity index (χ1) is 5.64. The van der Waals surface area contributed by atoms with E-state index in [1.165, 1.54) is 0 Å². The van der Waals surface area contributed by atoms with Gasteiger partial charge in [-0.1, -0.05) is 5.16 Å². The highest BCUT2D eigenvalue weighted by Gasteiger charge is 2.20. The van der Waals surface area contributed by atoms with E-state index in [-0.39, 0.29) is 11.5 Å². The van der Waals surface area contributed by atoms with Crippen LogP contribution in [-0.4, -0.2) is 32.2 Å². The molecule has 1 fully saturated rings. The minimum absolute atomic E-state index is 0.221. The molecule has 0 bridgehead atoms. The van der Waals surface area contributed by atoms with Gasteiger partial charge in [-0.15, -0.1) is 0 Å². The number of hydrogen-bond donors (Lipinski definition) is 0. The molecule has 0 saturated carbocycles. The molecule has 0 aromatic heterocycles. The quantitative estimate of drug-likeness (QED) is 0.600. The van der Waals surface area contributed by atoms with E-state index in [1.807, 2.05) is 6.92 Å². The molecule has 0 aromatic carbocycles. The highest BCUT2D eigenvalue weighted by molar-refractivity contribution is 7.91. The molecule has 0 radical (unpaired) electrons. The Hall–Kier alpha value is -0.580. The summed E-state index contributed by atoms with van der Waals surface area (Å²) in [5, 5.41) is 3.82. The summed E-state index contributed by atoms with van der Waals surface area (Å²) < 4.78 is 21.9. The highest BCUT2D eigenvalue weighted by Crippen LogP contribution is 2.09. The Morgan fingerprint density at radius 3 is 2.50 bits per heavy atom. The summed E-state index contributed by atoms with van der Waals surface area (Å²) in [6, 6.07) is 0. The van der Waals surface area contributed by atoms with Gasteiger partial charge in [-0.2, -0.15) is 0 Å². The fraction of sp³-hybridized carbons (Fsp3) is 0.857. The van der Waals surface area contributed by atoms with Crippen LogP contribution in [0.15, 0.2) is 5.16 Å². The number of oxime groups is 1. The second-order valence-electron chi connectivity index (χ2n) is 2.73. The molecule has 1 aliphatic rings. The van der Waals surface area contributed by atoms with Crippen molar-refractivity contribution < 1.29 is 13.3 Å².